The van der Waals surface area contributed by atoms with Crippen molar-refractivity contribution in [1.29, 1.82) is 0 Å². The second-order valence-electron chi connectivity index (χ2n) is 5.08. The predicted octanol–water partition coefficient (Wildman–Crippen LogP) is 2.06. The summed E-state index contributed by atoms with van der Waals surface area (Å²) < 4.78 is 0. The maximum atomic E-state index is 12.2. The summed E-state index contributed by atoms with van der Waals surface area (Å²) in [5.74, 6) is 1.70. The fourth-order valence-corrected chi connectivity index (χ4v) is 3.32. The Hall–Kier alpha value is -1.13. The zero-order valence-electron chi connectivity index (χ0n) is 10.0. The minimum Gasteiger partial charge on any atom is -0.309 e. The van der Waals surface area contributed by atoms with Crippen LogP contribution in [0.5, 0.6) is 0 Å². The molecule has 3 rings (SSSR count). The molecule has 3 unspecified atom stereocenters. The number of carbonyl (C=O) groups is 1. The van der Waals surface area contributed by atoms with Gasteiger partial charge in [-0.15, -0.1) is 0 Å². The summed E-state index contributed by atoms with van der Waals surface area (Å²) in [6, 6.07) is 5.16. The second-order valence-corrected chi connectivity index (χ2v) is 5.46. The average molecular weight is 266 g/mol. The summed E-state index contributed by atoms with van der Waals surface area (Å²) in [6.45, 7) is 0.964. The Balaban J connectivity index is 1.68. The first kappa shape index (κ1) is 11.9. The fraction of sp³-hybridized carbons (Fsp3) is 0.538. The van der Waals surface area contributed by atoms with Crippen LogP contribution in [0.1, 0.15) is 19.3 Å². The molecule has 1 saturated carbocycles. The van der Waals surface area contributed by atoms with E-state index in [0.717, 1.165) is 13.0 Å². The Morgan fingerprint density at radius 2 is 2.33 bits per heavy atom. The van der Waals surface area contributed by atoms with E-state index >= 15 is 0 Å². The zero-order chi connectivity index (χ0) is 12.5. The first-order valence-corrected chi connectivity index (χ1v) is 6.78. The lowest BCUT2D eigenvalue weighted by atomic mass is 9.94. The lowest BCUT2D eigenvalue weighted by molar-refractivity contribution is -0.118. The smallest absolute Gasteiger partial charge is 0.242 e. The van der Waals surface area contributed by atoms with Crippen LogP contribution in [0.3, 0.4) is 0 Å². The van der Waals surface area contributed by atoms with E-state index in [1.165, 1.54) is 12.8 Å². The van der Waals surface area contributed by atoms with Crippen molar-refractivity contribution in [3.05, 3.63) is 23.4 Å². The monoisotopic (exact) mass is 265 g/mol. The van der Waals surface area contributed by atoms with Crippen molar-refractivity contribution in [1.82, 2.24) is 10.3 Å². The molecule has 2 aliphatic rings. The quantitative estimate of drug-likeness (QED) is 0.805. The summed E-state index contributed by atoms with van der Waals surface area (Å²) in [4.78, 5) is 16.3. The van der Waals surface area contributed by atoms with Gasteiger partial charge in [-0.1, -0.05) is 24.1 Å². The number of halogens is 1. The van der Waals surface area contributed by atoms with E-state index in [-0.39, 0.29) is 11.9 Å². The molecule has 0 spiro atoms. The van der Waals surface area contributed by atoms with Gasteiger partial charge in [0, 0.05) is 0 Å². The van der Waals surface area contributed by atoms with E-state index in [2.05, 4.69) is 15.6 Å². The Bertz CT molecular complexity index is 465. The van der Waals surface area contributed by atoms with Gasteiger partial charge in [-0.05, 0) is 43.4 Å². The Labute approximate surface area is 111 Å². The van der Waals surface area contributed by atoms with Crippen molar-refractivity contribution < 1.29 is 4.79 Å². The summed E-state index contributed by atoms with van der Waals surface area (Å²) in [7, 11) is 0. The fourth-order valence-electron chi connectivity index (χ4n) is 3.16. The molecule has 1 amide bonds. The molecule has 3 atom stereocenters. The van der Waals surface area contributed by atoms with Gasteiger partial charge in [-0.3, -0.25) is 4.79 Å². The van der Waals surface area contributed by atoms with Crippen LogP contribution in [0.25, 0.3) is 0 Å². The number of hydrogen-bond acceptors (Lipinski definition) is 3. The molecule has 96 valence electrons. The first-order valence-electron chi connectivity index (χ1n) is 6.41. The molecule has 2 N–H and O–H groups in total. The number of aromatic nitrogens is 1. The minimum atomic E-state index is -0.0710. The standard InChI is InChI=1S/C13H16ClN3O/c14-10-5-2-6-11(16-10)17-13(18)12-9-4-1-3-8(9)7-15-12/h2,5-6,8-9,12,15H,1,3-4,7H2,(H,16,17,18). The van der Waals surface area contributed by atoms with Gasteiger partial charge < -0.3 is 10.6 Å². The molecule has 18 heavy (non-hydrogen) atoms. The van der Waals surface area contributed by atoms with Gasteiger partial charge >= 0.3 is 0 Å². The molecule has 1 aliphatic carbocycles. The molecule has 0 aromatic carbocycles. The molecule has 1 aliphatic heterocycles. The van der Waals surface area contributed by atoms with Crippen molar-refractivity contribution in [2.45, 2.75) is 25.3 Å². The highest BCUT2D eigenvalue weighted by Gasteiger charge is 2.42. The van der Waals surface area contributed by atoms with Crippen molar-refractivity contribution in [2.24, 2.45) is 11.8 Å². The highest BCUT2D eigenvalue weighted by molar-refractivity contribution is 6.29. The van der Waals surface area contributed by atoms with Crippen LogP contribution in [-0.2, 0) is 4.79 Å². The van der Waals surface area contributed by atoms with Crippen LogP contribution in [-0.4, -0.2) is 23.5 Å². The van der Waals surface area contributed by atoms with E-state index in [4.69, 9.17) is 11.6 Å². The van der Waals surface area contributed by atoms with Crippen LogP contribution < -0.4 is 10.6 Å². The van der Waals surface area contributed by atoms with E-state index in [9.17, 15) is 4.79 Å². The number of fused-ring (bicyclic) bond motifs is 1. The minimum absolute atomic E-state index is 0.0131. The Morgan fingerprint density at radius 1 is 1.44 bits per heavy atom. The molecule has 5 heteroatoms. The molecule has 2 heterocycles. The van der Waals surface area contributed by atoms with Gasteiger partial charge in [0.25, 0.3) is 0 Å². The third-order valence-corrected chi connectivity index (χ3v) is 4.21. The summed E-state index contributed by atoms with van der Waals surface area (Å²) in [5, 5.41) is 6.56. The summed E-state index contributed by atoms with van der Waals surface area (Å²) >= 11 is 5.80. The Kier molecular flexibility index (Phi) is 3.22. The molecule has 1 aromatic rings. The molecule has 0 radical (unpaired) electrons. The molecule has 1 aromatic heterocycles. The number of rotatable bonds is 2. The maximum Gasteiger partial charge on any atom is 0.242 e. The molecular formula is C13H16ClN3O. The normalized spacial score (nSPS) is 30.2. The van der Waals surface area contributed by atoms with Gasteiger partial charge in [0.1, 0.15) is 11.0 Å². The first-order chi connectivity index (χ1) is 8.74. The van der Waals surface area contributed by atoms with E-state index < -0.39 is 0 Å². The molecule has 1 saturated heterocycles. The number of carbonyl (C=O) groups excluding carboxylic acids is 1. The van der Waals surface area contributed by atoms with E-state index in [0.29, 0.717) is 22.8 Å². The number of pyridine rings is 1. The van der Waals surface area contributed by atoms with Gasteiger partial charge in [0.2, 0.25) is 5.91 Å². The van der Waals surface area contributed by atoms with Gasteiger partial charge in [-0.25, -0.2) is 4.98 Å². The largest absolute Gasteiger partial charge is 0.309 e. The zero-order valence-corrected chi connectivity index (χ0v) is 10.8. The second kappa shape index (κ2) is 4.86. The highest BCUT2D eigenvalue weighted by Crippen LogP contribution is 2.37. The lowest BCUT2D eigenvalue weighted by Crippen LogP contribution is -2.39. The average Bonchev–Trinajstić information content (AvgIpc) is 2.89. The van der Waals surface area contributed by atoms with Crippen molar-refractivity contribution in [3.63, 3.8) is 0 Å². The molecule has 4 nitrogen and oxygen atoms in total. The van der Waals surface area contributed by atoms with Crippen LogP contribution >= 0.6 is 11.6 Å². The molecular weight excluding hydrogens is 250 g/mol. The summed E-state index contributed by atoms with van der Waals surface area (Å²) in [5.41, 5.74) is 0. The number of nitrogens with one attached hydrogen (secondary N) is 2. The van der Waals surface area contributed by atoms with Crippen LogP contribution in [0, 0.1) is 11.8 Å². The van der Waals surface area contributed by atoms with Gasteiger partial charge in [0.15, 0.2) is 0 Å². The highest BCUT2D eigenvalue weighted by atomic mass is 35.5. The summed E-state index contributed by atoms with van der Waals surface area (Å²) in [6.07, 6.45) is 3.64. The SMILES string of the molecule is O=C(Nc1cccc(Cl)n1)C1NCC2CCCC21. The van der Waals surface area contributed by atoms with Crippen molar-refractivity contribution in [3.8, 4) is 0 Å². The predicted molar refractivity (Wildman–Crippen MR) is 70.5 cm³/mol. The number of nitrogens with zero attached hydrogens (tertiary/aromatic N) is 1. The number of amides is 1. The van der Waals surface area contributed by atoms with E-state index in [1.54, 1.807) is 18.2 Å². The third-order valence-electron chi connectivity index (χ3n) is 3.99. The Morgan fingerprint density at radius 3 is 3.17 bits per heavy atom. The number of hydrogen-bond donors (Lipinski definition) is 2. The topological polar surface area (TPSA) is 54.0 Å². The van der Waals surface area contributed by atoms with Crippen LogP contribution in [0.15, 0.2) is 18.2 Å². The third kappa shape index (κ3) is 2.22. The van der Waals surface area contributed by atoms with E-state index in [1.807, 2.05) is 0 Å². The van der Waals surface area contributed by atoms with Gasteiger partial charge in [0.05, 0.1) is 6.04 Å². The number of anilines is 1. The molecule has 0 bridgehead atoms. The van der Waals surface area contributed by atoms with Crippen molar-refractivity contribution >= 4 is 23.3 Å². The van der Waals surface area contributed by atoms with Crippen LogP contribution in [0.2, 0.25) is 5.15 Å². The molecule has 2 fully saturated rings. The van der Waals surface area contributed by atoms with Crippen LogP contribution in [0.4, 0.5) is 5.82 Å². The van der Waals surface area contributed by atoms with Gasteiger partial charge in [-0.2, -0.15) is 0 Å². The lowest BCUT2D eigenvalue weighted by Gasteiger charge is -2.17. The van der Waals surface area contributed by atoms with Crippen molar-refractivity contribution in [2.75, 3.05) is 11.9 Å². The maximum absolute atomic E-state index is 12.2.